The van der Waals surface area contributed by atoms with E-state index in [-0.39, 0.29) is 29.8 Å². The van der Waals surface area contributed by atoms with E-state index in [0.717, 1.165) is 0 Å². The van der Waals surface area contributed by atoms with Crippen LogP contribution in [-0.4, -0.2) is 36.8 Å². The molecule has 2 rings (SSSR count). The molecule has 9 heteroatoms. The Labute approximate surface area is 104 Å². The van der Waals surface area contributed by atoms with Gasteiger partial charge in [0.25, 0.3) is 0 Å². The minimum absolute atomic E-state index is 0.153. The highest BCUT2D eigenvalue weighted by atomic mass is 32.2. The Kier molecular flexibility index (Phi) is 3.03. The number of amides is 1. The molecule has 1 aromatic heterocycles. The van der Waals surface area contributed by atoms with E-state index < -0.39 is 10.0 Å². The standard InChI is InChI=1S/C9H15N5O3S/c1-5-8(9(10)13-12-5)14-3-6(2-7(14)15)4-18(11,16)17/h6H,2-4H2,1H3,(H3,10,12,13)(H2,11,16,17). The summed E-state index contributed by atoms with van der Waals surface area (Å²) < 4.78 is 22.1. The van der Waals surface area contributed by atoms with Gasteiger partial charge < -0.3 is 10.6 Å². The van der Waals surface area contributed by atoms with Gasteiger partial charge in [0.05, 0.1) is 11.4 Å². The highest BCUT2D eigenvalue weighted by Gasteiger charge is 2.35. The van der Waals surface area contributed by atoms with Crippen LogP contribution in [0.4, 0.5) is 11.5 Å². The lowest BCUT2D eigenvalue weighted by Gasteiger charge is -2.16. The molecule has 0 saturated carbocycles. The van der Waals surface area contributed by atoms with Crippen LogP contribution in [-0.2, 0) is 14.8 Å². The molecule has 100 valence electrons. The van der Waals surface area contributed by atoms with Gasteiger partial charge in [-0.15, -0.1) is 0 Å². The van der Waals surface area contributed by atoms with Gasteiger partial charge in [0.2, 0.25) is 15.9 Å². The average molecular weight is 273 g/mol. The molecule has 1 fully saturated rings. The summed E-state index contributed by atoms with van der Waals surface area (Å²) in [6.07, 6.45) is 0.153. The summed E-state index contributed by atoms with van der Waals surface area (Å²) in [4.78, 5) is 13.3. The van der Waals surface area contributed by atoms with Crippen LogP contribution in [0.25, 0.3) is 0 Å². The van der Waals surface area contributed by atoms with Gasteiger partial charge in [-0.2, -0.15) is 5.10 Å². The molecule has 1 aromatic rings. The van der Waals surface area contributed by atoms with Gasteiger partial charge in [-0.25, -0.2) is 13.6 Å². The highest BCUT2D eigenvalue weighted by Crippen LogP contribution is 2.31. The molecular formula is C9H15N5O3S. The van der Waals surface area contributed by atoms with Crippen LogP contribution in [0.5, 0.6) is 0 Å². The summed E-state index contributed by atoms with van der Waals surface area (Å²) in [5, 5.41) is 11.5. The zero-order chi connectivity index (χ0) is 13.5. The summed E-state index contributed by atoms with van der Waals surface area (Å²) in [5.41, 5.74) is 6.88. The van der Waals surface area contributed by atoms with Crippen molar-refractivity contribution in [2.45, 2.75) is 13.3 Å². The van der Waals surface area contributed by atoms with Gasteiger partial charge in [0.1, 0.15) is 5.69 Å². The van der Waals surface area contributed by atoms with Gasteiger partial charge in [0, 0.05) is 18.9 Å². The molecule has 18 heavy (non-hydrogen) atoms. The molecule has 1 saturated heterocycles. The van der Waals surface area contributed by atoms with E-state index in [1.165, 1.54) is 4.90 Å². The Morgan fingerprint density at radius 3 is 2.72 bits per heavy atom. The second-order valence-electron chi connectivity index (χ2n) is 4.49. The first-order valence-corrected chi connectivity index (χ1v) is 7.10. The van der Waals surface area contributed by atoms with Crippen LogP contribution in [0, 0.1) is 12.8 Å². The number of aromatic nitrogens is 2. The van der Waals surface area contributed by atoms with Crippen LogP contribution in [0.3, 0.4) is 0 Å². The number of sulfonamides is 1. The normalized spacial score (nSPS) is 20.7. The topological polar surface area (TPSA) is 135 Å². The van der Waals surface area contributed by atoms with Crippen molar-refractivity contribution in [1.82, 2.24) is 10.2 Å². The Morgan fingerprint density at radius 2 is 2.22 bits per heavy atom. The first kappa shape index (κ1) is 12.8. The largest absolute Gasteiger partial charge is 0.380 e. The lowest BCUT2D eigenvalue weighted by atomic mass is 10.1. The van der Waals surface area contributed by atoms with E-state index in [1.54, 1.807) is 6.92 Å². The number of H-pyrrole nitrogens is 1. The van der Waals surface area contributed by atoms with Gasteiger partial charge >= 0.3 is 0 Å². The number of aromatic amines is 1. The molecule has 8 nitrogen and oxygen atoms in total. The number of nitrogen functional groups attached to an aromatic ring is 1. The number of hydrogen-bond donors (Lipinski definition) is 3. The van der Waals surface area contributed by atoms with E-state index in [0.29, 0.717) is 17.9 Å². The number of nitrogens with two attached hydrogens (primary N) is 2. The fourth-order valence-electron chi connectivity index (χ4n) is 2.22. The first-order chi connectivity index (χ1) is 8.28. The number of primary sulfonamides is 1. The predicted molar refractivity (Wildman–Crippen MR) is 66.2 cm³/mol. The number of rotatable bonds is 3. The lowest BCUT2D eigenvalue weighted by molar-refractivity contribution is -0.117. The van der Waals surface area contributed by atoms with Crippen LogP contribution in [0.1, 0.15) is 12.1 Å². The van der Waals surface area contributed by atoms with Gasteiger partial charge in [-0.3, -0.25) is 9.89 Å². The second kappa shape index (κ2) is 4.25. The van der Waals surface area contributed by atoms with Crippen molar-refractivity contribution in [3.8, 4) is 0 Å². The molecule has 0 aliphatic carbocycles. The maximum atomic E-state index is 11.9. The highest BCUT2D eigenvalue weighted by molar-refractivity contribution is 7.89. The van der Waals surface area contributed by atoms with Gasteiger partial charge in [-0.05, 0) is 6.92 Å². The van der Waals surface area contributed by atoms with E-state index in [1.807, 2.05) is 0 Å². The Bertz CT molecular complexity index is 560. The fourth-order valence-corrected chi connectivity index (χ4v) is 3.10. The zero-order valence-electron chi connectivity index (χ0n) is 9.88. The third-order valence-corrected chi connectivity index (χ3v) is 3.82. The molecule has 0 bridgehead atoms. The number of aryl methyl sites for hydroxylation is 1. The molecule has 0 radical (unpaired) electrons. The van der Waals surface area contributed by atoms with Crippen molar-refractivity contribution in [3.63, 3.8) is 0 Å². The van der Waals surface area contributed by atoms with E-state index >= 15 is 0 Å². The van der Waals surface area contributed by atoms with Crippen LogP contribution >= 0.6 is 0 Å². The van der Waals surface area contributed by atoms with Gasteiger partial charge in [-0.1, -0.05) is 0 Å². The molecule has 5 N–H and O–H groups in total. The molecular weight excluding hydrogens is 258 g/mol. The molecule has 1 aliphatic rings. The number of nitrogens with one attached hydrogen (secondary N) is 1. The molecule has 1 unspecified atom stereocenters. The molecule has 1 atom stereocenters. The molecule has 1 aliphatic heterocycles. The smallest absolute Gasteiger partial charge is 0.227 e. The first-order valence-electron chi connectivity index (χ1n) is 5.39. The number of anilines is 2. The Balaban J connectivity index is 2.20. The third kappa shape index (κ3) is 2.46. The number of carbonyl (C=O) groups excluding carboxylic acids is 1. The quantitative estimate of drug-likeness (QED) is 0.645. The maximum absolute atomic E-state index is 11.9. The zero-order valence-corrected chi connectivity index (χ0v) is 10.7. The van der Waals surface area contributed by atoms with Crippen molar-refractivity contribution >= 4 is 27.4 Å². The minimum Gasteiger partial charge on any atom is -0.380 e. The summed E-state index contributed by atoms with van der Waals surface area (Å²) >= 11 is 0. The Hall–Kier alpha value is -1.61. The van der Waals surface area contributed by atoms with Crippen molar-refractivity contribution in [1.29, 1.82) is 0 Å². The second-order valence-corrected chi connectivity index (χ2v) is 6.15. The van der Waals surface area contributed by atoms with Crippen molar-refractivity contribution < 1.29 is 13.2 Å². The van der Waals surface area contributed by atoms with Crippen molar-refractivity contribution in [2.24, 2.45) is 11.1 Å². The summed E-state index contributed by atoms with van der Waals surface area (Å²) in [6, 6.07) is 0. The van der Waals surface area contributed by atoms with Crippen LogP contribution in [0.2, 0.25) is 0 Å². The minimum atomic E-state index is -3.58. The van der Waals surface area contributed by atoms with E-state index in [2.05, 4.69) is 10.2 Å². The lowest BCUT2D eigenvalue weighted by Crippen LogP contribution is -2.28. The van der Waals surface area contributed by atoms with Gasteiger partial charge in [0.15, 0.2) is 5.82 Å². The summed E-state index contributed by atoms with van der Waals surface area (Å²) in [7, 11) is -3.58. The van der Waals surface area contributed by atoms with Crippen LogP contribution < -0.4 is 15.8 Å². The number of hydrogen-bond acceptors (Lipinski definition) is 5. The number of nitrogens with zero attached hydrogens (tertiary/aromatic N) is 2. The third-order valence-electron chi connectivity index (χ3n) is 2.88. The summed E-state index contributed by atoms with van der Waals surface area (Å²) in [5.74, 6) is -0.440. The fraction of sp³-hybridized carbons (Fsp3) is 0.556. The SMILES string of the molecule is Cc1[nH]nc(N)c1N1CC(CS(N)(=O)=O)CC1=O. The molecule has 1 amide bonds. The van der Waals surface area contributed by atoms with Crippen molar-refractivity contribution in [2.75, 3.05) is 22.9 Å². The van der Waals surface area contributed by atoms with E-state index in [9.17, 15) is 13.2 Å². The maximum Gasteiger partial charge on any atom is 0.227 e. The van der Waals surface area contributed by atoms with E-state index in [4.69, 9.17) is 10.9 Å². The average Bonchev–Trinajstić information content (AvgIpc) is 2.68. The molecule has 0 aromatic carbocycles. The monoisotopic (exact) mass is 273 g/mol. The van der Waals surface area contributed by atoms with Crippen LogP contribution in [0.15, 0.2) is 0 Å². The summed E-state index contributed by atoms with van der Waals surface area (Å²) in [6.45, 7) is 2.04. The molecule has 2 heterocycles. The molecule has 0 spiro atoms. The number of carbonyl (C=O) groups is 1. The predicted octanol–water partition coefficient (Wildman–Crippen LogP) is -1.06. The Morgan fingerprint density at radius 1 is 1.56 bits per heavy atom. The van der Waals surface area contributed by atoms with Crippen molar-refractivity contribution in [3.05, 3.63) is 5.69 Å².